The maximum atomic E-state index is 13.0. The third-order valence-electron chi connectivity index (χ3n) is 4.23. The Morgan fingerprint density at radius 1 is 1.04 bits per heavy atom. The Morgan fingerprint density at radius 3 is 2.36 bits per heavy atom. The molecule has 0 unspecified atom stereocenters. The van der Waals surface area contributed by atoms with Crippen LogP contribution in [0.2, 0.25) is 0 Å². The molecule has 2 aromatic carbocycles. The average Bonchev–Trinajstić information content (AvgIpc) is 2.67. The van der Waals surface area contributed by atoms with Crippen LogP contribution in [0.4, 0.5) is 16.2 Å². The van der Waals surface area contributed by atoms with E-state index in [0.717, 1.165) is 10.6 Å². The summed E-state index contributed by atoms with van der Waals surface area (Å²) >= 11 is 0. The van der Waals surface area contributed by atoms with Gasteiger partial charge >= 0.3 is 6.03 Å². The zero-order chi connectivity index (χ0) is 20.3. The van der Waals surface area contributed by atoms with Gasteiger partial charge in [-0.05, 0) is 42.8 Å². The summed E-state index contributed by atoms with van der Waals surface area (Å²) in [6, 6.07) is 13.3. The molecule has 0 spiro atoms. The third kappa shape index (κ3) is 3.73. The number of benzene rings is 2. The Hall–Kier alpha value is -3.61. The molecule has 0 bridgehead atoms. The van der Waals surface area contributed by atoms with E-state index in [0.29, 0.717) is 17.9 Å². The number of ether oxygens (including phenoxy) is 1. The van der Waals surface area contributed by atoms with Crippen molar-refractivity contribution in [2.24, 2.45) is 0 Å². The van der Waals surface area contributed by atoms with E-state index in [-0.39, 0.29) is 11.3 Å². The molecule has 3 rings (SSSR count). The Bertz CT molecular complexity index is 948. The third-order valence-corrected chi connectivity index (χ3v) is 4.23. The van der Waals surface area contributed by atoms with Crippen molar-refractivity contribution in [1.29, 1.82) is 0 Å². The molecule has 1 fully saturated rings. The molecule has 7 nitrogen and oxygen atoms in total. The summed E-state index contributed by atoms with van der Waals surface area (Å²) in [5.41, 5.74) is 1.83. The molecule has 0 saturated carbocycles. The van der Waals surface area contributed by atoms with Crippen LogP contribution in [0.3, 0.4) is 0 Å². The first-order valence-electron chi connectivity index (χ1n) is 8.83. The van der Waals surface area contributed by atoms with Crippen molar-refractivity contribution in [1.82, 2.24) is 5.32 Å². The quantitative estimate of drug-likeness (QED) is 0.638. The maximum Gasteiger partial charge on any atom is 0.336 e. The fourth-order valence-corrected chi connectivity index (χ4v) is 2.83. The van der Waals surface area contributed by atoms with E-state index in [1.165, 1.54) is 6.08 Å². The van der Waals surface area contributed by atoms with Crippen LogP contribution in [0.25, 0.3) is 6.08 Å². The predicted octanol–water partition coefficient (Wildman–Crippen LogP) is 2.82. The molecule has 0 atom stereocenters. The van der Waals surface area contributed by atoms with E-state index in [1.54, 1.807) is 43.3 Å². The van der Waals surface area contributed by atoms with Crippen LogP contribution in [-0.2, 0) is 9.59 Å². The van der Waals surface area contributed by atoms with Gasteiger partial charge in [0.25, 0.3) is 11.8 Å². The number of barbiturate groups is 1. The number of amides is 4. The summed E-state index contributed by atoms with van der Waals surface area (Å²) in [5.74, 6) is -1.04. The van der Waals surface area contributed by atoms with Gasteiger partial charge in [0.05, 0.1) is 12.3 Å². The van der Waals surface area contributed by atoms with Gasteiger partial charge in [-0.1, -0.05) is 24.3 Å². The predicted molar refractivity (Wildman–Crippen MR) is 107 cm³/mol. The summed E-state index contributed by atoms with van der Waals surface area (Å²) in [7, 11) is 3.84. The van der Waals surface area contributed by atoms with Crippen molar-refractivity contribution in [3.63, 3.8) is 0 Å². The van der Waals surface area contributed by atoms with E-state index in [4.69, 9.17) is 4.74 Å². The number of carbonyl (C=O) groups is 3. The van der Waals surface area contributed by atoms with Gasteiger partial charge in [-0.2, -0.15) is 0 Å². The number of imide groups is 2. The van der Waals surface area contributed by atoms with E-state index in [1.807, 2.05) is 31.1 Å². The van der Waals surface area contributed by atoms with Gasteiger partial charge in [0.1, 0.15) is 11.3 Å². The monoisotopic (exact) mass is 379 g/mol. The number of carbonyl (C=O) groups excluding carboxylic acids is 3. The number of rotatable bonds is 5. The molecule has 4 amide bonds. The summed E-state index contributed by atoms with van der Waals surface area (Å²) in [6.07, 6.45) is 1.47. The highest BCUT2D eigenvalue weighted by Gasteiger charge is 2.38. The van der Waals surface area contributed by atoms with Gasteiger partial charge < -0.3 is 9.64 Å². The smallest absolute Gasteiger partial charge is 0.336 e. The molecule has 7 heteroatoms. The van der Waals surface area contributed by atoms with E-state index in [9.17, 15) is 14.4 Å². The highest BCUT2D eigenvalue weighted by atomic mass is 16.5. The molecule has 0 aliphatic carbocycles. The zero-order valence-corrected chi connectivity index (χ0v) is 15.9. The molecular weight excluding hydrogens is 358 g/mol. The average molecular weight is 379 g/mol. The normalized spacial score (nSPS) is 15.6. The molecule has 1 N–H and O–H groups in total. The van der Waals surface area contributed by atoms with Crippen LogP contribution in [0.15, 0.2) is 54.1 Å². The highest BCUT2D eigenvalue weighted by molar-refractivity contribution is 6.39. The standard InChI is InChI=1S/C21H21N3O4/c1-4-28-18-8-6-5-7-17(18)24-20(26)16(19(25)22-21(24)27)13-14-9-11-15(12-10-14)23(2)3/h5-13H,4H2,1-3H3,(H,22,25,27)/b16-13+. The summed E-state index contributed by atoms with van der Waals surface area (Å²) < 4.78 is 5.52. The van der Waals surface area contributed by atoms with Gasteiger partial charge in [0, 0.05) is 19.8 Å². The Morgan fingerprint density at radius 2 is 1.71 bits per heavy atom. The van der Waals surface area contributed by atoms with Crippen LogP contribution < -0.4 is 19.9 Å². The topological polar surface area (TPSA) is 79.0 Å². The minimum Gasteiger partial charge on any atom is -0.492 e. The van der Waals surface area contributed by atoms with Gasteiger partial charge in [0.2, 0.25) is 0 Å². The van der Waals surface area contributed by atoms with E-state index in [2.05, 4.69) is 5.32 Å². The second-order valence-electron chi connectivity index (χ2n) is 6.34. The van der Waals surface area contributed by atoms with Crippen LogP contribution in [-0.4, -0.2) is 38.5 Å². The van der Waals surface area contributed by atoms with Crippen molar-refractivity contribution >= 4 is 35.3 Å². The van der Waals surface area contributed by atoms with Crippen molar-refractivity contribution in [2.45, 2.75) is 6.92 Å². The Labute approximate surface area is 163 Å². The molecule has 1 saturated heterocycles. The fraction of sp³-hybridized carbons (Fsp3) is 0.190. The van der Waals surface area contributed by atoms with Crippen molar-refractivity contribution in [3.05, 3.63) is 59.7 Å². The van der Waals surface area contributed by atoms with Gasteiger partial charge in [-0.25, -0.2) is 9.69 Å². The SMILES string of the molecule is CCOc1ccccc1N1C(=O)NC(=O)/C(=C\c2ccc(N(C)C)cc2)C1=O. The second kappa shape index (κ2) is 7.96. The van der Waals surface area contributed by atoms with Crippen molar-refractivity contribution in [2.75, 3.05) is 30.5 Å². The molecule has 144 valence electrons. The van der Waals surface area contributed by atoms with Crippen LogP contribution in [0.5, 0.6) is 5.75 Å². The number of hydrogen-bond acceptors (Lipinski definition) is 5. The van der Waals surface area contributed by atoms with Crippen molar-refractivity contribution in [3.8, 4) is 5.75 Å². The minimum atomic E-state index is -0.803. The molecule has 1 aliphatic rings. The lowest BCUT2D eigenvalue weighted by molar-refractivity contribution is -0.122. The molecular formula is C21H21N3O4. The molecule has 1 aliphatic heterocycles. The first kappa shape index (κ1) is 19.2. The lowest BCUT2D eigenvalue weighted by atomic mass is 10.1. The largest absolute Gasteiger partial charge is 0.492 e. The maximum absolute atomic E-state index is 13.0. The van der Waals surface area contributed by atoms with Gasteiger partial charge in [-0.15, -0.1) is 0 Å². The number of hydrogen-bond donors (Lipinski definition) is 1. The number of para-hydroxylation sites is 2. The van der Waals surface area contributed by atoms with Crippen LogP contribution in [0, 0.1) is 0 Å². The van der Waals surface area contributed by atoms with E-state index >= 15 is 0 Å². The summed E-state index contributed by atoms with van der Waals surface area (Å²) in [4.78, 5) is 40.5. The molecule has 28 heavy (non-hydrogen) atoms. The molecule has 0 radical (unpaired) electrons. The summed E-state index contributed by atoms with van der Waals surface area (Å²) in [5, 5.41) is 2.22. The summed E-state index contributed by atoms with van der Waals surface area (Å²) in [6.45, 7) is 2.18. The van der Waals surface area contributed by atoms with Gasteiger partial charge in [-0.3, -0.25) is 14.9 Å². The van der Waals surface area contributed by atoms with E-state index < -0.39 is 17.8 Å². The minimum absolute atomic E-state index is 0.122. The number of anilines is 2. The Kier molecular flexibility index (Phi) is 5.44. The molecule has 1 heterocycles. The lowest BCUT2D eigenvalue weighted by Crippen LogP contribution is -2.54. The lowest BCUT2D eigenvalue weighted by Gasteiger charge is -2.27. The zero-order valence-electron chi connectivity index (χ0n) is 15.9. The Balaban J connectivity index is 1.99. The first-order chi connectivity index (χ1) is 13.4. The highest BCUT2D eigenvalue weighted by Crippen LogP contribution is 2.31. The number of urea groups is 1. The molecule has 2 aromatic rings. The number of nitrogens with zero attached hydrogens (tertiary/aromatic N) is 2. The molecule has 0 aromatic heterocycles. The van der Waals surface area contributed by atoms with Crippen molar-refractivity contribution < 1.29 is 19.1 Å². The second-order valence-corrected chi connectivity index (χ2v) is 6.34. The van der Waals surface area contributed by atoms with Crippen LogP contribution in [0.1, 0.15) is 12.5 Å². The van der Waals surface area contributed by atoms with Gasteiger partial charge in [0.15, 0.2) is 0 Å². The fourth-order valence-electron chi connectivity index (χ4n) is 2.83. The first-order valence-corrected chi connectivity index (χ1v) is 8.83. The van der Waals surface area contributed by atoms with Crippen LogP contribution >= 0.6 is 0 Å². The number of nitrogens with one attached hydrogen (secondary N) is 1.